The van der Waals surface area contributed by atoms with Gasteiger partial charge in [0.15, 0.2) is 5.82 Å². The van der Waals surface area contributed by atoms with Gasteiger partial charge in [-0.05, 0) is 54.1 Å². The highest BCUT2D eigenvalue weighted by molar-refractivity contribution is 5.90. The van der Waals surface area contributed by atoms with Gasteiger partial charge in [-0.25, -0.2) is 0 Å². The minimum Gasteiger partial charge on any atom is -0.277 e. The molecule has 5 aromatic rings. The molecule has 0 aliphatic rings. The van der Waals surface area contributed by atoms with Crippen LogP contribution >= 0.6 is 0 Å². The maximum absolute atomic E-state index is 13.4. The molecule has 0 amide bonds. The van der Waals surface area contributed by atoms with Gasteiger partial charge in [-0.2, -0.15) is 13.2 Å². The molecule has 4 nitrogen and oxygen atoms in total. The predicted octanol–water partition coefficient (Wildman–Crippen LogP) is 6.59. The van der Waals surface area contributed by atoms with Crippen molar-refractivity contribution in [1.82, 2.24) is 19.7 Å². The molecule has 7 heteroatoms. The summed E-state index contributed by atoms with van der Waals surface area (Å²) in [5.41, 5.74) is 1.79. The molecular formula is C27H21F3N4. The number of alkyl halides is 3. The Morgan fingerprint density at radius 3 is 2.41 bits per heavy atom. The number of rotatable bonds is 5. The number of hydrogen-bond donors (Lipinski definition) is 0. The molecule has 0 fully saturated rings. The highest BCUT2D eigenvalue weighted by atomic mass is 19.4. The molecule has 2 heterocycles. The summed E-state index contributed by atoms with van der Waals surface area (Å²) in [5, 5.41) is 10.9. The maximum atomic E-state index is 13.4. The highest BCUT2D eigenvalue weighted by Gasteiger charge is 2.32. The van der Waals surface area contributed by atoms with Crippen molar-refractivity contribution in [1.29, 1.82) is 0 Å². The number of aryl methyl sites for hydroxylation is 3. The average molecular weight is 458 g/mol. The van der Waals surface area contributed by atoms with Crippen LogP contribution in [-0.4, -0.2) is 19.7 Å². The summed E-state index contributed by atoms with van der Waals surface area (Å²) in [6, 6.07) is 24.1. The van der Waals surface area contributed by atoms with Crippen LogP contribution in [0.5, 0.6) is 0 Å². The lowest BCUT2D eigenvalue weighted by atomic mass is 10.0. The summed E-state index contributed by atoms with van der Waals surface area (Å²) in [6.45, 7) is 1.48. The van der Waals surface area contributed by atoms with Crippen molar-refractivity contribution in [2.45, 2.75) is 25.9 Å². The van der Waals surface area contributed by atoms with Gasteiger partial charge < -0.3 is 0 Å². The van der Waals surface area contributed by atoms with Crippen molar-refractivity contribution in [3.8, 4) is 17.2 Å². The SMILES string of the molecule is Cc1ccc(CCc2nnc(-c3ccccn3)n2-c2cccc3ccccc23)cc1C(F)(F)F. The van der Waals surface area contributed by atoms with E-state index in [-0.39, 0.29) is 5.56 Å². The Hall–Kier alpha value is -4.00. The van der Waals surface area contributed by atoms with Gasteiger partial charge in [-0.3, -0.25) is 9.55 Å². The molecule has 34 heavy (non-hydrogen) atoms. The molecule has 0 atom stereocenters. The Morgan fingerprint density at radius 2 is 1.62 bits per heavy atom. The summed E-state index contributed by atoms with van der Waals surface area (Å²) in [5.74, 6) is 1.25. The van der Waals surface area contributed by atoms with Crippen LogP contribution in [0.15, 0.2) is 85.1 Å². The predicted molar refractivity (Wildman–Crippen MR) is 126 cm³/mol. The Balaban J connectivity index is 1.59. The van der Waals surface area contributed by atoms with Crippen molar-refractivity contribution in [3.63, 3.8) is 0 Å². The lowest BCUT2D eigenvalue weighted by molar-refractivity contribution is -0.138. The van der Waals surface area contributed by atoms with E-state index in [4.69, 9.17) is 0 Å². The summed E-state index contributed by atoms with van der Waals surface area (Å²) in [6.07, 6.45) is -1.87. The van der Waals surface area contributed by atoms with Crippen LogP contribution < -0.4 is 0 Å². The Morgan fingerprint density at radius 1 is 0.824 bits per heavy atom. The van der Waals surface area contributed by atoms with E-state index < -0.39 is 11.7 Å². The Kier molecular flexibility index (Phi) is 5.61. The number of fused-ring (bicyclic) bond motifs is 1. The van der Waals surface area contributed by atoms with Gasteiger partial charge in [0.1, 0.15) is 11.5 Å². The van der Waals surface area contributed by atoms with Gasteiger partial charge in [0.2, 0.25) is 0 Å². The lowest BCUT2D eigenvalue weighted by Gasteiger charge is -2.14. The number of aromatic nitrogens is 4. The first-order valence-corrected chi connectivity index (χ1v) is 10.9. The normalized spacial score (nSPS) is 11.8. The first kappa shape index (κ1) is 21.8. The second-order valence-electron chi connectivity index (χ2n) is 8.14. The minimum absolute atomic E-state index is 0.215. The Labute approximate surface area is 194 Å². The van der Waals surface area contributed by atoms with Crippen LogP contribution in [0.4, 0.5) is 13.2 Å². The molecular weight excluding hydrogens is 437 g/mol. The van der Waals surface area contributed by atoms with E-state index in [9.17, 15) is 13.2 Å². The topological polar surface area (TPSA) is 43.6 Å². The van der Waals surface area contributed by atoms with E-state index in [2.05, 4.69) is 15.2 Å². The largest absolute Gasteiger partial charge is 0.416 e. The van der Waals surface area contributed by atoms with Crippen molar-refractivity contribution in [3.05, 3.63) is 108 Å². The molecule has 0 spiro atoms. The maximum Gasteiger partial charge on any atom is 0.416 e. The van der Waals surface area contributed by atoms with Crippen molar-refractivity contribution in [2.24, 2.45) is 0 Å². The molecule has 0 bridgehead atoms. The lowest BCUT2D eigenvalue weighted by Crippen LogP contribution is -2.09. The minimum atomic E-state index is -4.38. The van der Waals surface area contributed by atoms with E-state index in [0.29, 0.717) is 35.7 Å². The fourth-order valence-corrected chi connectivity index (χ4v) is 4.18. The summed E-state index contributed by atoms with van der Waals surface area (Å²) < 4.78 is 42.1. The van der Waals surface area contributed by atoms with Crippen LogP contribution in [0.25, 0.3) is 28.0 Å². The average Bonchev–Trinajstić information content (AvgIpc) is 3.26. The number of pyridine rings is 1. The van der Waals surface area contributed by atoms with Gasteiger partial charge in [0, 0.05) is 18.0 Å². The van der Waals surface area contributed by atoms with Gasteiger partial charge >= 0.3 is 6.18 Å². The van der Waals surface area contributed by atoms with Crippen molar-refractivity contribution in [2.75, 3.05) is 0 Å². The summed E-state index contributed by atoms with van der Waals surface area (Å²) >= 11 is 0. The van der Waals surface area contributed by atoms with Crippen LogP contribution in [-0.2, 0) is 19.0 Å². The van der Waals surface area contributed by atoms with Crippen LogP contribution in [0.1, 0.15) is 22.5 Å². The highest BCUT2D eigenvalue weighted by Crippen LogP contribution is 2.33. The first-order valence-electron chi connectivity index (χ1n) is 10.9. The third-order valence-corrected chi connectivity index (χ3v) is 5.88. The monoisotopic (exact) mass is 458 g/mol. The number of nitrogens with zero attached hydrogens (tertiary/aromatic N) is 4. The van der Waals surface area contributed by atoms with Gasteiger partial charge in [-0.1, -0.05) is 54.6 Å². The summed E-state index contributed by atoms with van der Waals surface area (Å²) in [4.78, 5) is 4.45. The van der Waals surface area contributed by atoms with Gasteiger partial charge in [-0.15, -0.1) is 10.2 Å². The van der Waals surface area contributed by atoms with E-state index in [1.807, 2.05) is 65.2 Å². The second-order valence-corrected chi connectivity index (χ2v) is 8.14. The standard InChI is InChI=1S/C27H21F3N4/c1-18-12-13-19(17-22(18)27(28,29)30)14-15-25-32-33-26(23-10-4-5-16-31-23)34(25)24-11-6-8-20-7-2-3-9-21(20)24/h2-13,16-17H,14-15H2,1H3. The van der Waals surface area contributed by atoms with Gasteiger partial charge in [0.05, 0.1) is 11.3 Å². The van der Waals surface area contributed by atoms with E-state index >= 15 is 0 Å². The number of hydrogen-bond acceptors (Lipinski definition) is 3. The van der Waals surface area contributed by atoms with Crippen LogP contribution in [0.3, 0.4) is 0 Å². The molecule has 5 rings (SSSR count). The summed E-state index contributed by atoms with van der Waals surface area (Å²) in [7, 11) is 0. The second kappa shape index (κ2) is 8.74. The molecule has 0 unspecified atom stereocenters. The third-order valence-electron chi connectivity index (χ3n) is 5.88. The molecule has 170 valence electrons. The van der Waals surface area contributed by atoms with Gasteiger partial charge in [0.25, 0.3) is 0 Å². The molecule has 0 radical (unpaired) electrons. The zero-order chi connectivity index (χ0) is 23.7. The zero-order valence-electron chi connectivity index (χ0n) is 18.4. The molecule has 0 saturated carbocycles. The smallest absolute Gasteiger partial charge is 0.277 e. The molecule has 0 aliphatic heterocycles. The molecule has 2 aromatic heterocycles. The van der Waals surface area contributed by atoms with Crippen molar-refractivity contribution >= 4 is 10.8 Å². The number of benzene rings is 3. The van der Waals surface area contributed by atoms with Crippen LogP contribution in [0.2, 0.25) is 0 Å². The van der Waals surface area contributed by atoms with Crippen LogP contribution in [0, 0.1) is 6.92 Å². The molecule has 3 aromatic carbocycles. The molecule has 0 aliphatic carbocycles. The Bertz CT molecular complexity index is 1450. The fourth-order valence-electron chi connectivity index (χ4n) is 4.18. The van der Waals surface area contributed by atoms with E-state index in [1.165, 1.54) is 19.1 Å². The van der Waals surface area contributed by atoms with E-state index in [1.54, 1.807) is 12.3 Å². The molecule has 0 saturated heterocycles. The quantitative estimate of drug-likeness (QED) is 0.298. The first-order chi connectivity index (χ1) is 16.4. The molecule has 0 N–H and O–H groups in total. The number of halogens is 3. The zero-order valence-corrected chi connectivity index (χ0v) is 18.4. The third kappa shape index (κ3) is 4.17. The fraction of sp³-hybridized carbons (Fsp3) is 0.148. The van der Waals surface area contributed by atoms with Crippen molar-refractivity contribution < 1.29 is 13.2 Å². The van der Waals surface area contributed by atoms with E-state index in [0.717, 1.165) is 16.5 Å².